The van der Waals surface area contributed by atoms with E-state index in [1.54, 1.807) is 7.11 Å². The van der Waals surface area contributed by atoms with Gasteiger partial charge in [-0.2, -0.15) is 5.10 Å². The van der Waals surface area contributed by atoms with Crippen LogP contribution in [0, 0.1) is 5.82 Å². The fraction of sp³-hybridized carbons (Fsp3) is 0.130. The molecule has 1 aliphatic heterocycles. The van der Waals surface area contributed by atoms with Crippen LogP contribution in [0.3, 0.4) is 0 Å². The van der Waals surface area contributed by atoms with Crippen LogP contribution in [0.25, 0.3) is 0 Å². The topological polar surface area (TPSA) is 41.9 Å². The maximum Gasteiger partial charge on any atom is 0.274 e. The smallest absolute Gasteiger partial charge is 0.274 e. The van der Waals surface area contributed by atoms with E-state index in [0.717, 1.165) is 22.6 Å². The summed E-state index contributed by atoms with van der Waals surface area (Å²) < 4.78 is 18.5. The van der Waals surface area contributed by atoms with Crippen LogP contribution in [0.15, 0.2) is 84.0 Å². The predicted molar refractivity (Wildman–Crippen MR) is 106 cm³/mol. The highest BCUT2D eigenvalue weighted by Gasteiger charge is 2.33. The van der Waals surface area contributed by atoms with Crippen molar-refractivity contribution >= 4 is 11.6 Å². The molecule has 0 aliphatic carbocycles. The van der Waals surface area contributed by atoms with Gasteiger partial charge in [-0.3, -0.25) is 4.79 Å². The molecule has 4 rings (SSSR count). The number of carbonyl (C=O) groups excluding carboxylic acids is 1. The van der Waals surface area contributed by atoms with E-state index in [9.17, 15) is 9.18 Å². The zero-order valence-electron chi connectivity index (χ0n) is 15.4. The second-order valence-corrected chi connectivity index (χ2v) is 6.56. The lowest BCUT2D eigenvalue weighted by Crippen LogP contribution is -2.27. The minimum atomic E-state index is -0.375. The highest BCUT2D eigenvalue weighted by atomic mass is 19.1. The van der Waals surface area contributed by atoms with Crippen molar-refractivity contribution in [1.29, 1.82) is 0 Å². The Morgan fingerprint density at radius 1 is 1.00 bits per heavy atom. The number of benzene rings is 3. The van der Waals surface area contributed by atoms with E-state index in [2.05, 4.69) is 5.10 Å². The quantitative estimate of drug-likeness (QED) is 0.657. The number of hydrogen-bond donors (Lipinski definition) is 0. The molecule has 0 fully saturated rings. The minimum Gasteiger partial charge on any atom is -0.497 e. The van der Waals surface area contributed by atoms with E-state index >= 15 is 0 Å². The Bertz CT molecular complexity index is 999. The molecule has 4 nitrogen and oxygen atoms in total. The molecule has 0 N–H and O–H groups in total. The van der Waals surface area contributed by atoms with Crippen molar-refractivity contribution in [3.8, 4) is 5.75 Å². The summed E-state index contributed by atoms with van der Waals surface area (Å²) in [5.41, 5.74) is 3.18. The van der Waals surface area contributed by atoms with Gasteiger partial charge in [0.2, 0.25) is 0 Å². The monoisotopic (exact) mass is 374 g/mol. The summed E-state index contributed by atoms with van der Waals surface area (Å²) in [6, 6.07) is 22.8. The summed E-state index contributed by atoms with van der Waals surface area (Å²) in [7, 11) is 1.62. The lowest BCUT2D eigenvalue weighted by atomic mass is 9.98. The first kappa shape index (κ1) is 17.9. The first-order valence-electron chi connectivity index (χ1n) is 9.01. The van der Waals surface area contributed by atoms with Gasteiger partial charge in [0, 0.05) is 12.0 Å². The average molecular weight is 374 g/mol. The van der Waals surface area contributed by atoms with Gasteiger partial charge in [0.25, 0.3) is 5.91 Å². The van der Waals surface area contributed by atoms with Crippen LogP contribution in [-0.2, 0) is 0 Å². The molecule has 0 spiro atoms. The third-order valence-corrected chi connectivity index (χ3v) is 4.82. The first-order chi connectivity index (χ1) is 13.7. The Morgan fingerprint density at radius 2 is 1.68 bits per heavy atom. The van der Waals surface area contributed by atoms with Crippen LogP contribution in [0.2, 0.25) is 0 Å². The Hall–Kier alpha value is -3.47. The summed E-state index contributed by atoms with van der Waals surface area (Å²) in [5, 5.41) is 6.14. The lowest BCUT2D eigenvalue weighted by molar-refractivity contribution is 0.0711. The molecule has 0 saturated heterocycles. The third-order valence-electron chi connectivity index (χ3n) is 4.82. The van der Waals surface area contributed by atoms with Crippen LogP contribution >= 0.6 is 0 Å². The molecule has 0 unspecified atom stereocenters. The summed E-state index contributed by atoms with van der Waals surface area (Å²) in [6.45, 7) is 0. The van der Waals surface area contributed by atoms with Crippen LogP contribution in [0.4, 0.5) is 4.39 Å². The maximum absolute atomic E-state index is 13.3. The van der Waals surface area contributed by atoms with Gasteiger partial charge in [-0.05, 0) is 59.7 Å². The molecule has 3 aromatic rings. The van der Waals surface area contributed by atoms with E-state index in [1.165, 1.54) is 29.3 Å². The number of rotatable bonds is 4. The van der Waals surface area contributed by atoms with Crippen molar-refractivity contribution in [1.82, 2.24) is 5.01 Å². The number of ether oxygens (including phenoxy) is 1. The van der Waals surface area contributed by atoms with Crippen molar-refractivity contribution in [2.24, 2.45) is 5.10 Å². The zero-order chi connectivity index (χ0) is 19.5. The summed E-state index contributed by atoms with van der Waals surface area (Å²) >= 11 is 0. The van der Waals surface area contributed by atoms with Crippen LogP contribution in [0.1, 0.15) is 33.9 Å². The molecule has 28 heavy (non-hydrogen) atoms. The van der Waals surface area contributed by atoms with Gasteiger partial charge in [0.15, 0.2) is 0 Å². The third kappa shape index (κ3) is 3.51. The molecule has 0 bridgehead atoms. The molecule has 0 radical (unpaired) electrons. The first-order valence-corrected chi connectivity index (χ1v) is 9.01. The van der Waals surface area contributed by atoms with Gasteiger partial charge in [-0.1, -0.05) is 30.3 Å². The van der Waals surface area contributed by atoms with Crippen molar-refractivity contribution in [2.45, 2.75) is 12.5 Å². The molecule has 0 aromatic heterocycles. The fourth-order valence-corrected chi connectivity index (χ4v) is 3.32. The summed E-state index contributed by atoms with van der Waals surface area (Å²) in [4.78, 5) is 13.1. The van der Waals surface area contributed by atoms with E-state index in [4.69, 9.17) is 4.74 Å². The standard InChI is InChI=1S/C23H19FN2O2/c1-28-20-13-9-16(10-14-20)21-15-22(17-5-3-2-4-6-17)26(25-21)23(27)18-7-11-19(24)12-8-18/h2-14,22H,15H2,1H3/t22-/m1/s1. The Kier molecular flexibility index (Phi) is 4.89. The molecule has 5 heteroatoms. The van der Waals surface area contributed by atoms with Gasteiger partial charge in [-0.25, -0.2) is 9.40 Å². The largest absolute Gasteiger partial charge is 0.497 e. The van der Waals surface area contributed by atoms with Crippen molar-refractivity contribution in [3.63, 3.8) is 0 Å². The van der Waals surface area contributed by atoms with E-state index < -0.39 is 0 Å². The Morgan fingerprint density at radius 3 is 2.32 bits per heavy atom. The minimum absolute atomic E-state index is 0.212. The highest BCUT2D eigenvalue weighted by molar-refractivity contribution is 6.05. The SMILES string of the molecule is COc1ccc(C2=NN(C(=O)c3ccc(F)cc3)[C@@H](c3ccccc3)C2)cc1. The maximum atomic E-state index is 13.3. The predicted octanol–water partition coefficient (Wildman–Crippen LogP) is 4.83. The van der Waals surface area contributed by atoms with Gasteiger partial charge in [0.1, 0.15) is 11.6 Å². The van der Waals surface area contributed by atoms with Gasteiger partial charge >= 0.3 is 0 Å². The number of amides is 1. The molecule has 1 atom stereocenters. The Labute approximate surface area is 162 Å². The molecule has 1 heterocycles. The van der Waals surface area contributed by atoms with Gasteiger partial charge < -0.3 is 4.74 Å². The van der Waals surface area contributed by atoms with Crippen molar-refractivity contribution in [2.75, 3.05) is 7.11 Å². The molecule has 3 aromatic carbocycles. The zero-order valence-corrected chi connectivity index (χ0v) is 15.4. The summed E-state index contributed by atoms with van der Waals surface area (Å²) in [5.74, 6) is 0.138. The van der Waals surface area contributed by atoms with E-state index in [-0.39, 0.29) is 17.8 Å². The molecule has 1 aliphatic rings. The van der Waals surface area contributed by atoms with Crippen molar-refractivity contribution in [3.05, 3.63) is 101 Å². The molecule has 140 valence electrons. The molecular weight excluding hydrogens is 355 g/mol. The number of halogens is 1. The van der Waals surface area contributed by atoms with Crippen molar-refractivity contribution < 1.29 is 13.9 Å². The number of hydrogen-bond acceptors (Lipinski definition) is 3. The van der Waals surface area contributed by atoms with E-state index in [0.29, 0.717) is 12.0 Å². The normalized spacial score (nSPS) is 16.0. The van der Waals surface area contributed by atoms with Crippen LogP contribution in [0.5, 0.6) is 5.75 Å². The second-order valence-electron chi connectivity index (χ2n) is 6.56. The molecular formula is C23H19FN2O2. The average Bonchev–Trinajstić information content (AvgIpc) is 3.20. The number of hydrazone groups is 1. The summed E-state index contributed by atoms with van der Waals surface area (Å²) in [6.07, 6.45) is 0.600. The number of nitrogens with zero attached hydrogens (tertiary/aromatic N) is 2. The number of carbonyl (C=O) groups is 1. The number of methoxy groups -OCH3 is 1. The Balaban J connectivity index is 1.70. The second kappa shape index (κ2) is 7.64. The van der Waals surface area contributed by atoms with Crippen LogP contribution < -0.4 is 4.74 Å². The lowest BCUT2D eigenvalue weighted by Gasteiger charge is -2.22. The van der Waals surface area contributed by atoms with Crippen LogP contribution in [-0.4, -0.2) is 23.7 Å². The fourth-order valence-electron chi connectivity index (χ4n) is 3.32. The molecule has 1 amide bonds. The highest BCUT2D eigenvalue weighted by Crippen LogP contribution is 2.34. The van der Waals surface area contributed by atoms with Gasteiger partial charge in [0.05, 0.1) is 18.9 Å². The van der Waals surface area contributed by atoms with E-state index in [1.807, 2.05) is 54.6 Å². The van der Waals surface area contributed by atoms with Gasteiger partial charge in [-0.15, -0.1) is 0 Å². The molecule has 0 saturated carbocycles.